The van der Waals surface area contributed by atoms with E-state index in [0.717, 1.165) is 44.2 Å². The van der Waals surface area contributed by atoms with E-state index < -0.39 is 58.0 Å². The number of benzene rings is 1. The molecule has 1 aromatic carbocycles. The van der Waals surface area contributed by atoms with Gasteiger partial charge in [0, 0.05) is 30.1 Å². The van der Waals surface area contributed by atoms with Gasteiger partial charge in [-0.1, -0.05) is 12.8 Å². The number of hydrogen-bond donors (Lipinski definition) is 1. The molecule has 6 rings (SSSR count). The number of esters is 3. The molecule has 4 bridgehead atoms. The van der Waals surface area contributed by atoms with Crippen molar-refractivity contribution in [3.8, 4) is 5.75 Å². The van der Waals surface area contributed by atoms with Crippen molar-refractivity contribution >= 4 is 33.8 Å². The second-order valence-electron chi connectivity index (χ2n) is 11.4. The maximum atomic E-state index is 13.1. The van der Waals surface area contributed by atoms with Crippen LogP contribution in [0.4, 0.5) is 0 Å². The number of carbonyl (C=O) groups is 4. The summed E-state index contributed by atoms with van der Waals surface area (Å²) in [5, 5.41) is 0. The minimum absolute atomic E-state index is 0.0588. The smallest absolute Gasteiger partial charge is 0.315 e. The average Bonchev–Trinajstić information content (AvgIpc) is 3.49. The second kappa shape index (κ2) is 9.44. The van der Waals surface area contributed by atoms with Crippen LogP contribution in [0.1, 0.15) is 51.4 Å². The highest BCUT2D eigenvalue weighted by Gasteiger charge is 2.70. The molecule has 0 aromatic heterocycles. The van der Waals surface area contributed by atoms with Crippen LogP contribution >= 0.6 is 0 Å². The fraction of sp³-hybridized carbons (Fsp3) is 0.630. The van der Waals surface area contributed by atoms with Crippen molar-refractivity contribution in [2.24, 2.45) is 41.4 Å². The molecule has 10 nitrogen and oxygen atoms in total. The summed E-state index contributed by atoms with van der Waals surface area (Å²) in [5.41, 5.74) is 0. The third kappa shape index (κ3) is 4.43. The molecule has 1 aliphatic heterocycles. The van der Waals surface area contributed by atoms with Gasteiger partial charge in [-0.25, -0.2) is 0 Å². The van der Waals surface area contributed by atoms with E-state index in [2.05, 4.69) is 0 Å². The van der Waals surface area contributed by atoms with Gasteiger partial charge in [-0.2, -0.15) is 8.42 Å². The van der Waals surface area contributed by atoms with Crippen molar-refractivity contribution in [2.75, 3.05) is 0 Å². The van der Waals surface area contributed by atoms with Gasteiger partial charge in [-0.3, -0.25) is 23.7 Å². The van der Waals surface area contributed by atoms with Crippen molar-refractivity contribution in [1.29, 1.82) is 0 Å². The average molecular weight is 547 g/mol. The maximum absolute atomic E-state index is 13.1. The first-order valence-corrected chi connectivity index (χ1v) is 14.8. The van der Waals surface area contributed by atoms with Crippen LogP contribution in [0.25, 0.3) is 0 Å². The second-order valence-corrected chi connectivity index (χ2v) is 12.9. The molecule has 0 spiro atoms. The molecule has 9 unspecified atom stereocenters. The van der Waals surface area contributed by atoms with Crippen LogP contribution in [0, 0.1) is 41.4 Å². The number of ether oxygens (including phenoxy) is 3. The summed E-state index contributed by atoms with van der Waals surface area (Å²) < 4.78 is 48.4. The van der Waals surface area contributed by atoms with Crippen molar-refractivity contribution in [2.45, 2.75) is 68.5 Å². The Labute approximate surface area is 220 Å². The molecular formula is C27H30O10S. The molecule has 1 heterocycles. The number of ketones is 1. The first kappa shape index (κ1) is 25.5. The highest BCUT2D eigenvalue weighted by atomic mass is 32.2. The molecule has 1 saturated heterocycles. The van der Waals surface area contributed by atoms with Crippen molar-refractivity contribution in [3.63, 3.8) is 0 Å². The molecule has 1 N–H and O–H groups in total. The Hall–Kier alpha value is -2.79. The molecular weight excluding hydrogens is 516 g/mol. The summed E-state index contributed by atoms with van der Waals surface area (Å²) in [6, 6.07) is 4.69. The van der Waals surface area contributed by atoms with Crippen LogP contribution in [0.15, 0.2) is 29.2 Å². The molecule has 4 aliphatic carbocycles. The summed E-state index contributed by atoms with van der Waals surface area (Å²) in [4.78, 5) is 51.0. The first-order chi connectivity index (χ1) is 18.1. The van der Waals surface area contributed by atoms with Crippen LogP contribution in [0.2, 0.25) is 0 Å². The fourth-order valence-corrected chi connectivity index (χ4v) is 8.19. The van der Waals surface area contributed by atoms with Gasteiger partial charge in [0.15, 0.2) is 0 Å². The molecule has 1 aromatic rings. The number of Topliss-reactive ketones (excluding diaryl/α,β-unsaturated/α-hetero) is 1. The third-order valence-electron chi connectivity index (χ3n) is 9.33. The predicted octanol–water partition coefficient (Wildman–Crippen LogP) is 2.73. The Kier molecular flexibility index (Phi) is 6.33. The lowest BCUT2D eigenvalue weighted by molar-refractivity contribution is -0.164. The standard InChI is InChI=1S/C27H30O10S/c28-20(9-4-15-11-13-2-1-3-14(10-13)23(15)29)36-24-18-12-19-22(27(31)37-25(19)24)21(18)26(30)35-16-5-7-17(8-6-16)38(32,33)34/h5-8,13-15,18-19,21-22,24-25H,1-4,9-12H2,(H,32,33,34). The summed E-state index contributed by atoms with van der Waals surface area (Å²) in [7, 11) is -4.39. The summed E-state index contributed by atoms with van der Waals surface area (Å²) >= 11 is 0. The van der Waals surface area contributed by atoms with E-state index in [9.17, 15) is 27.6 Å². The van der Waals surface area contributed by atoms with E-state index in [1.165, 1.54) is 12.1 Å². The largest absolute Gasteiger partial charge is 0.458 e. The van der Waals surface area contributed by atoms with Gasteiger partial charge < -0.3 is 14.2 Å². The molecule has 0 amide bonds. The minimum atomic E-state index is -4.39. The highest BCUT2D eigenvalue weighted by molar-refractivity contribution is 7.85. The lowest BCUT2D eigenvalue weighted by Crippen LogP contribution is -2.44. The van der Waals surface area contributed by atoms with E-state index in [4.69, 9.17) is 18.8 Å². The fourth-order valence-electron chi connectivity index (χ4n) is 7.71. The summed E-state index contributed by atoms with van der Waals surface area (Å²) in [6.45, 7) is 0. The molecule has 5 fully saturated rings. The SMILES string of the molecule is O=C(CCC1CC2CCCC(C2)C1=O)OC1C2CC3C1OC(=O)C3C2C(=O)Oc1ccc(S(=O)(=O)O)cc1. The summed E-state index contributed by atoms with van der Waals surface area (Å²) in [6.07, 6.45) is 4.69. The molecule has 204 valence electrons. The molecule has 4 saturated carbocycles. The van der Waals surface area contributed by atoms with E-state index in [1.54, 1.807) is 0 Å². The van der Waals surface area contributed by atoms with Crippen LogP contribution in [0.5, 0.6) is 5.75 Å². The number of rotatable bonds is 7. The van der Waals surface area contributed by atoms with Gasteiger partial charge in [-0.15, -0.1) is 0 Å². The van der Waals surface area contributed by atoms with Crippen LogP contribution in [-0.2, 0) is 38.8 Å². The Morgan fingerprint density at radius 3 is 2.53 bits per heavy atom. The minimum Gasteiger partial charge on any atom is -0.458 e. The number of fused-ring (bicyclic) bond motifs is 3. The molecule has 38 heavy (non-hydrogen) atoms. The van der Waals surface area contributed by atoms with E-state index in [0.29, 0.717) is 18.8 Å². The van der Waals surface area contributed by atoms with E-state index in [1.807, 2.05) is 0 Å². The van der Waals surface area contributed by atoms with Crippen LogP contribution in [-0.4, -0.2) is 48.9 Å². The molecule has 5 aliphatic rings. The Bertz CT molecular complexity index is 1270. The van der Waals surface area contributed by atoms with Gasteiger partial charge in [0.05, 0.1) is 16.7 Å². The van der Waals surface area contributed by atoms with Crippen molar-refractivity contribution in [3.05, 3.63) is 24.3 Å². The maximum Gasteiger partial charge on any atom is 0.315 e. The Balaban J connectivity index is 1.10. The highest BCUT2D eigenvalue weighted by Crippen LogP contribution is 2.59. The Morgan fingerprint density at radius 2 is 1.79 bits per heavy atom. The van der Waals surface area contributed by atoms with Gasteiger partial charge in [0.1, 0.15) is 23.7 Å². The topological polar surface area (TPSA) is 150 Å². The Morgan fingerprint density at radius 1 is 1.03 bits per heavy atom. The molecule has 11 heteroatoms. The van der Waals surface area contributed by atoms with Crippen LogP contribution in [0.3, 0.4) is 0 Å². The zero-order valence-electron chi connectivity index (χ0n) is 20.7. The van der Waals surface area contributed by atoms with E-state index >= 15 is 0 Å². The molecule has 9 atom stereocenters. The van der Waals surface area contributed by atoms with Crippen LogP contribution < -0.4 is 4.74 Å². The van der Waals surface area contributed by atoms with Crippen molar-refractivity contribution < 1.29 is 46.4 Å². The molecule has 0 radical (unpaired) electrons. The van der Waals surface area contributed by atoms with Gasteiger partial charge in [0.25, 0.3) is 10.1 Å². The quantitative estimate of drug-likeness (QED) is 0.307. The first-order valence-electron chi connectivity index (χ1n) is 13.3. The van der Waals surface area contributed by atoms with Gasteiger partial charge in [0.2, 0.25) is 0 Å². The van der Waals surface area contributed by atoms with Gasteiger partial charge in [-0.05, 0) is 62.3 Å². The zero-order chi connectivity index (χ0) is 26.8. The lowest BCUT2D eigenvalue weighted by atomic mass is 9.66. The lowest BCUT2D eigenvalue weighted by Gasteiger charge is -2.37. The predicted molar refractivity (Wildman–Crippen MR) is 128 cm³/mol. The normalized spacial score (nSPS) is 37.1. The monoisotopic (exact) mass is 546 g/mol. The van der Waals surface area contributed by atoms with Gasteiger partial charge >= 0.3 is 17.9 Å². The number of carbonyl (C=O) groups excluding carboxylic acids is 4. The van der Waals surface area contributed by atoms with E-state index in [-0.39, 0.29) is 40.6 Å². The number of hydrogen-bond acceptors (Lipinski definition) is 9. The zero-order valence-corrected chi connectivity index (χ0v) is 21.5. The van der Waals surface area contributed by atoms with Crippen molar-refractivity contribution in [1.82, 2.24) is 0 Å². The summed E-state index contributed by atoms with van der Waals surface area (Å²) in [5.74, 6) is -2.97. The third-order valence-corrected chi connectivity index (χ3v) is 10.2.